The largest absolute Gasteiger partial charge is 0.341 e. The van der Waals surface area contributed by atoms with E-state index in [2.05, 4.69) is 6.92 Å². The highest BCUT2D eigenvalue weighted by atomic mass is 35.5. The number of hydrogen-bond acceptors (Lipinski definition) is 2. The first kappa shape index (κ1) is 12.7. The molecule has 4 heteroatoms. The van der Waals surface area contributed by atoms with E-state index < -0.39 is 0 Å². The van der Waals surface area contributed by atoms with Crippen LogP contribution in [0.1, 0.15) is 32.6 Å². The molecule has 1 saturated heterocycles. The van der Waals surface area contributed by atoms with Crippen LogP contribution in [-0.2, 0) is 4.79 Å². The normalized spacial score (nSPS) is 18.2. The van der Waals surface area contributed by atoms with Gasteiger partial charge in [0.1, 0.15) is 0 Å². The van der Waals surface area contributed by atoms with E-state index in [-0.39, 0.29) is 24.4 Å². The molecule has 0 aromatic heterocycles. The number of nitrogens with two attached hydrogens (primary N) is 1. The maximum Gasteiger partial charge on any atom is 0.239 e. The number of carbonyl (C=O) groups excluding carboxylic acids is 1. The zero-order valence-electron chi connectivity index (χ0n) is 8.16. The minimum Gasteiger partial charge on any atom is -0.341 e. The molecule has 1 amide bonds. The van der Waals surface area contributed by atoms with Crippen molar-refractivity contribution in [1.82, 2.24) is 4.90 Å². The van der Waals surface area contributed by atoms with Crippen molar-refractivity contribution in [3.8, 4) is 0 Å². The van der Waals surface area contributed by atoms with Crippen LogP contribution in [0, 0.1) is 0 Å². The lowest BCUT2D eigenvalue weighted by Gasteiger charge is -2.19. The second-order valence-electron chi connectivity index (χ2n) is 3.43. The number of hydrogen-bond donors (Lipinski definition) is 1. The Bertz CT molecular complexity index is 158. The van der Waals surface area contributed by atoms with Crippen LogP contribution in [0.4, 0.5) is 0 Å². The molecule has 0 aliphatic carbocycles. The van der Waals surface area contributed by atoms with E-state index in [1.54, 1.807) is 0 Å². The van der Waals surface area contributed by atoms with Crippen molar-refractivity contribution in [2.75, 3.05) is 13.1 Å². The first-order valence-electron chi connectivity index (χ1n) is 4.80. The van der Waals surface area contributed by atoms with Gasteiger partial charge >= 0.3 is 0 Å². The van der Waals surface area contributed by atoms with Crippen LogP contribution in [0.25, 0.3) is 0 Å². The molecular weight excluding hydrogens is 188 g/mol. The van der Waals surface area contributed by atoms with E-state index in [1.807, 2.05) is 4.90 Å². The molecule has 0 bridgehead atoms. The number of nitrogens with zero attached hydrogens (tertiary/aromatic N) is 1. The van der Waals surface area contributed by atoms with Crippen LogP contribution in [0.5, 0.6) is 0 Å². The van der Waals surface area contributed by atoms with Gasteiger partial charge in [-0.1, -0.05) is 13.3 Å². The Morgan fingerprint density at radius 3 is 2.46 bits per heavy atom. The third kappa shape index (κ3) is 3.53. The summed E-state index contributed by atoms with van der Waals surface area (Å²) in [5, 5.41) is 0. The van der Waals surface area contributed by atoms with Gasteiger partial charge in [0.25, 0.3) is 0 Å². The van der Waals surface area contributed by atoms with Crippen molar-refractivity contribution in [3.63, 3.8) is 0 Å². The molecule has 2 N–H and O–H groups in total. The molecule has 1 unspecified atom stereocenters. The summed E-state index contributed by atoms with van der Waals surface area (Å²) in [6, 6.07) is -0.256. The average Bonchev–Trinajstić information content (AvgIpc) is 2.55. The molecule has 1 heterocycles. The monoisotopic (exact) mass is 206 g/mol. The van der Waals surface area contributed by atoms with E-state index >= 15 is 0 Å². The Kier molecular flexibility index (Phi) is 6.08. The number of rotatable bonds is 3. The van der Waals surface area contributed by atoms with Crippen LogP contribution in [0.3, 0.4) is 0 Å². The minimum atomic E-state index is -0.256. The van der Waals surface area contributed by atoms with Crippen molar-refractivity contribution >= 4 is 18.3 Å². The molecular formula is C9H19ClN2O. The van der Waals surface area contributed by atoms with Gasteiger partial charge in [0.2, 0.25) is 5.91 Å². The Morgan fingerprint density at radius 1 is 1.46 bits per heavy atom. The Morgan fingerprint density at radius 2 is 2.00 bits per heavy atom. The van der Waals surface area contributed by atoms with Crippen molar-refractivity contribution in [2.45, 2.75) is 38.6 Å². The van der Waals surface area contributed by atoms with Crippen molar-refractivity contribution in [1.29, 1.82) is 0 Å². The summed E-state index contributed by atoms with van der Waals surface area (Å²) in [7, 11) is 0. The molecule has 0 saturated carbocycles. The maximum absolute atomic E-state index is 11.5. The van der Waals surface area contributed by atoms with Gasteiger partial charge in [-0.2, -0.15) is 0 Å². The predicted octanol–water partition coefficient (Wildman–Crippen LogP) is 1.16. The first-order valence-corrected chi connectivity index (χ1v) is 4.80. The molecule has 0 radical (unpaired) electrons. The number of halogens is 1. The van der Waals surface area contributed by atoms with Crippen LogP contribution in [-0.4, -0.2) is 29.9 Å². The molecule has 0 aromatic rings. The lowest BCUT2D eigenvalue weighted by atomic mass is 10.1. The van der Waals surface area contributed by atoms with Crippen molar-refractivity contribution in [3.05, 3.63) is 0 Å². The zero-order valence-corrected chi connectivity index (χ0v) is 8.98. The standard InChI is InChI=1S/C9H18N2O.ClH/c1-2-5-8(10)9(12)11-6-3-4-7-11;/h8H,2-7,10H2,1H3;1H. The lowest BCUT2D eigenvalue weighted by Crippen LogP contribution is -2.42. The molecule has 1 aliphatic rings. The number of likely N-dealkylation sites (tertiary alicyclic amines) is 1. The third-order valence-corrected chi connectivity index (χ3v) is 2.33. The number of amides is 1. The Balaban J connectivity index is 0.00000144. The molecule has 13 heavy (non-hydrogen) atoms. The molecule has 1 atom stereocenters. The summed E-state index contributed by atoms with van der Waals surface area (Å²) < 4.78 is 0. The molecule has 1 aliphatic heterocycles. The quantitative estimate of drug-likeness (QED) is 0.754. The van der Waals surface area contributed by atoms with Gasteiger partial charge in [-0.25, -0.2) is 0 Å². The third-order valence-electron chi connectivity index (χ3n) is 2.33. The average molecular weight is 207 g/mol. The summed E-state index contributed by atoms with van der Waals surface area (Å²) in [6.45, 7) is 3.88. The highest BCUT2D eigenvalue weighted by Crippen LogP contribution is 2.09. The van der Waals surface area contributed by atoms with E-state index in [0.717, 1.165) is 38.8 Å². The Hall–Kier alpha value is -0.280. The van der Waals surface area contributed by atoms with Gasteiger partial charge in [-0.15, -0.1) is 12.4 Å². The lowest BCUT2D eigenvalue weighted by molar-refractivity contribution is -0.131. The van der Waals surface area contributed by atoms with E-state index in [9.17, 15) is 4.79 Å². The topological polar surface area (TPSA) is 46.3 Å². The molecule has 0 spiro atoms. The second kappa shape index (κ2) is 6.22. The van der Waals surface area contributed by atoms with Crippen LogP contribution in [0.2, 0.25) is 0 Å². The molecule has 3 nitrogen and oxygen atoms in total. The molecule has 1 rings (SSSR count). The van der Waals surface area contributed by atoms with Crippen LogP contribution in [0.15, 0.2) is 0 Å². The highest BCUT2D eigenvalue weighted by molar-refractivity contribution is 5.85. The molecule has 0 aromatic carbocycles. The van der Waals surface area contributed by atoms with Crippen LogP contribution < -0.4 is 5.73 Å². The van der Waals surface area contributed by atoms with Crippen LogP contribution >= 0.6 is 12.4 Å². The SMILES string of the molecule is CCCC(N)C(=O)N1CCCC1.Cl. The highest BCUT2D eigenvalue weighted by Gasteiger charge is 2.22. The zero-order chi connectivity index (χ0) is 8.97. The van der Waals surface area contributed by atoms with E-state index in [0.29, 0.717) is 0 Å². The van der Waals surface area contributed by atoms with Crippen molar-refractivity contribution in [2.24, 2.45) is 5.73 Å². The fourth-order valence-electron chi connectivity index (χ4n) is 1.61. The van der Waals surface area contributed by atoms with Gasteiger partial charge in [0.15, 0.2) is 0 Å². The molecule has 78 valence electrons. The summed E-state index contributed by atoms with van der Waals surface area (Å²) >= 11 is 0. The van der Waals surface area contributed by atoms with E-state index in [4.69, 9.17) is 5.73 Å². The summed E-state index contributed by atoms with van der Waals surface area (Å²) in [5.74, 6) is 0.148. The second-order valence-corrected chi connectivity index (χ2v) is 3.43. The van der Waals surface area contributed by atoms with Gasteiger partial charge in [-0.05, 0) is 19.3 Å². The van der Waals surface area contributed by atoms with Gasteiger partial charge < -0.3 is 10.6 Å². The van der Waals surface area contributed by atoms with Gasteiger partial charge in [0.05, 0.1) is 6.04 Å². The fraction of sp³-hybridized carbons (Fsp3) is 0.889. The summed E-state index contributed by atoms with van der Waals surface area (Å²) in [4.78, 5) is 13.4. The van der Waals surface area contributed by atoms with E-state index in [1.165, 1.54) is 0 Å². The summed E-state index contributed by atoms with van der Waals surface area (Å²) in [6.07, 6.45) is 4.09. The van der Waals surface area contributed by atoms with Gasteiger partial charge in [-0.3, -0.25) is 4.79 Å². The smallest absolute Gasteiger partial charge is 0.239 e. The Labute approximate surface area is 86.1 Å². The summed E-state index contributed by atoms with van der Waals surface area (Å²) in [5.41, 5.74) is 5.72. The first-order chi connectivity index (χ1) is 5.75. The van der Waals surface area contributed by atoms with Gasteiger partial charge in [0, 0.05) is 13.1 Å². The predicted molar refractivity (Wildman–Crippen MR) is 55.9 cm³/mol. The molecule has 1 fully saturated rings. The minimum absolute atomic E-state index is 0. The fourth-order valence-corrected chi connectivity index (χ4v) is 1.61. The number of carbonyl (C=O) groups is 1. The van der Waals surface area contributed by atoms with Crippen molar-refractivity contribution < 1.29 is 4.79 Å². The maximum atomic E-state index is 11.5.